The zero-order valence-corrected chi connectivity index (χ0v) is 16.8. The Morgan fingerprint density at radius 3 is 1.89 bits per heavy atom. The molecule has 0 aromatic heterocycles. The molecule has 2 heterocycles. The van der Waals surface area contributed by atoms with E-state index in [0.29, 0.717) is 11.4 Å². The minimum Gasteiger partial charge on any atom is -0.322 e. The van der Waals surface area contributed by atoms with Crippen molar-refractivity contribution in [2.45, 2.75) is 71.4 Å². The Hall–Kier alpha value is -2.24. The molecule has 0 radical (unpaired) electrons. The highest BCUT2D eigenvalue weighted by atomic mass is 16.2. The lowest BCUT2D eigenvalue weighted by molar-refractivity contribution is 0.169. The van der Waals surface area contributed by atoms with Gasteiger partial charge in [-0.2, -0.15) is 0 Å². The van der Waals surface area contributed by atoms with E-state index in [0.717, 1.165) is 44.3 Å². The summed E-state index contributed by atoms with van der Waals surface area (Å²) in [5.41, 5.74) is 2.36. The van der Waals surface area contributed by atoms with Crippen molar-refractivity contribution in [3.8, 4) is 0 Å². The molecule has 1 aromatic carbocycles. The smallest absolute Gasteiger partial charge is 0.322 e. The number of aryl methyl sites for hydroxylation is 1. The van der Waals surface area contributed by atoms with E-state index in [4.69, 9.17) is 0 Å². The van der Waals surface area contributed by atoms with Crippen molar-refractivity contribution < 1.29 is 9.59 Å². The largest absolute Gasteiger partial charge is 0.322 e. The van der Waals surface area contributed by atoms with E-state index in [1.54, 1.807) is 0 Å². The van der Waals surface area contributed by atoms with E-state index >= 15 is 0 Å². The number of amides is 4. The Labute approximate surface area is 162 Å². The van der Waals surface area contributed by atoms with Gasteiger partial charge in [-0.3, -0.25) is 0 Å². The first-order valence-corrected chi connectivity index (χ1v) is 10.2. The third kappa shape index (κ3) is 4.73. The number of likely N-dealkylation sites (tertiary alicyclic amines) is 2. The lowest BCUT2D eigenvalue weighted by Gasteiger charge is -2.34. The topological polar surface area (TPSA) is 64.7 Å². The Morgan fingerprint density at radius 2 is 1.37 bits per heavy atom. The summed E-state index contributed by atoms with van der Waals surface area (Å²) in [4.78, 5) is 29.3. The van der Waals surface area contributed by atoms with Gasteiger partial charge in [-0.25, -0.2) is 9.59 Å². The number of hydrogen-bond donors (Lipinski definition) is 2. The van der Waals surface area contributed by atoms with Crippen LogP contribution < -0.4 is 10.6 Å². The van der Waals surface area contributed by atoms with Crippen molar-refractivity contribution >= 4 is 23.4 Å². The molecule has 2 unspecified atom stereocenters. The lowest BCUT2D eigenvalue weighted by atomic mass is 10.0. The molecular formula is C21H32N4O2. The molecule has 2 fully saturated rings. The van der Waals surface area contributed by atoms with Crippen LogP contribution in [-0.2, 0) is 0 Å². The Morgan fingerprint density at radius 1 is 0.852 bits per heavy atom. The van der Waals surface area contributed by atoms with Gasteiger partial charge in [0.2, 0.25) is 0 Å². The fourth-order valence-electron chi connectivity index (χ4n) is 4.04. The van der Waals surface area contributed by atoms with Crippen LogP contribution in [0.4, 0.5) is 21.0 Å². The molecule has 2 aliphatic rings. The molecule has 0 spiro atoms. The highest BCUT2D eigenvalue weighted by molar-refractivity contribution is 5.98. The first kappa shape index (κ1) is 19.5. The number of benzene rings is 1. The zero-order valence-electron chi connectivity index (χ0n) is 16.8. The molecule has 2 saturated heterocycles. The minimum absolute atomic E-state index is 0.0883. The van der Waals surface area contributed by atoms with Crippen molar-refractivity contribution in [3.05, 3.63) is 23.8 Å². The van der Waals surface area contributed by atoms with Gasteiger partial charge in [0.15, 0.2) is 0 Å². The molecule has 1 aromatic rings. The second-order valence-corrected chi connectivity index (χ2v) is 7.99. The van der Waals surface area contributed by atoms with Gasteiger partial charge >= 0.3 is 12.1 Å². The molecule has 2 atom stereocenters. The molecule has 0 saturated carbocycles. The summed E-state index contributed by atoms with van der Waals surface area (Å²) in [5, 5.41) is 6.04. The van der Waals surface area contributed by atoms with Gasteiger partial charge in [-0.05, 0) is 77.0 Å². The maximum Gasteiger partial charge on any atom is 0.322 e. The summed E-state index contributed by atoms with van der Waals surface area (Å²) in [7, 11) is 0. The van der Waals surface area contributed by atoms with Crippen LogP contribution in [0.1, 0.15) is 57.9 Å². The number of piperidine rings is 2. The molecular weight excluding hydrogens is 340 g/mol. The van der Waals surface area contributed by atoms with E-state index in [1.807, 2.05) is 34.9 Å². The molecule has 6 heteroatoms. The number of urea groups is 2. The zero-order chi connectivity index (χ0) is 19.4. The quantitative estimate of drug-likeness (QED) is 0.782. The molecule has 2 aliphatic heterocycles. The molecule has 2 N–H and O–H groups in total. The van der Waals surface area contributed by atoms with Crippen molar-refractivity contribution in [1.82, 2.24) is 9.80 Å². The Balaban J connectivity index is 1.72. The van der Waals surface area contributed by atoms with Gasteiger partial charge in [0, 0.05) is 25.2 Å². The Kier molecular flexibility index (Phi) is 6.24. The third-order valence-corrected chi connectivity index (χ3v) is 5.79. The summed E-state index contributed by atoms with van der Waals surface area (Å²) in [5.74, 6) is 0. The van der Waals surface area contributed by atoms with Crippen LogP contribution in [0.3, 0.4) is 0 Å². The van der Waals surface area contributed by atoms with E-state index in [9.17, 15) is 9.59 Å². The SMILES string of the molecule is Cc1ccc(NC(=O)N2CCCCC2C)c(NC(=O)N2CCCCC2C)c1. The van der Waals surface area contributed by atoms with E-state index in [1.165, 1.54) is 12.8 Å². The number of hydrogen-bond acceptors (Lipinski definition) is 2. The van der Waals surface area contributed by atoms with E-state index in [2.05, 4.69) is 24.5 Å². The highest BCUT2D eigenvalue weighted by Gasteiger charge is 2.26. The van der Waals surface area contributed by atoms with E-state index < -0.39 is 0 Å². The van der Waals surface area contributed by atoms with Crippen molar-refractivity contribution in [1.29, 1.82) is 0 Å². The molecule has 0 aliphatic carbocycles. The van der Waals surface area contributed by atoms with Crippen molar-refractivity contribution in [2.24, 2.45) is 0 Å². The van der Waals surface area contributed by atoms with Crippen molar-refractivity contribution in [2.75, 3.05) is 23.7 Å². The summed E-state index contributed by atoms with van der Waals surface area (Å²) in [6.45, 7) is 7.73. The summed E-state index contributed by atoms with van der Waals surface area (Å²) < 4.78 is 0. The minimum atomic E-state index is -0.0899. The number of nitrogens with one attached hydrogen (secondary N) is 2. The number of carbonyl (C=O) groups excluding carboxylic acids is 2. The molecule has 4 amide bonds. The predicted molar refractivity (Wildman–Crippen MR) is 109 cm³/mol. The first-order chi connectivity index (χ1) is 13.0. The van der Waals surface area contributed by atoms with Crippen LogP contribution >= 0.6 is 0 Å². The second kappa shape index (κ2) is 8.63. The average molecular weight is 373 g/mol. The van der Waals surface area contributed by atoms with Crippen LogP contribution in [0.15, 0.2) is 18.2 Å². The van der Waals surface area contributed by atoms with Gasteiger partial charge < -0.3 is 20.4 Å². The van der Waals surface area contributed by atoms with Crippen LogP contribution in [0.25, 0.3) is 0 Å². The third-order valence-electron chi connectivity index (χ3n) is 5.79. The number of anilines is 2. The summed E-state index contributed by atoms with van der Waals surface area (Å²) in [6, 6.07) is 6.06. The van der Waals surface area contributed by atoms with Gasteiger partial charge in [-0.1, -0.05) is 6.07 Å². The molecule has 148 valence electrons. The standard InChI is InChI=1S/C21H32N4O2/c1-15-10-11-18(22-20(26)24-12-6-4-8-16(24)2)19(14-15)23-21(27)25-13-7-5-9-17(25)3/h10-11,14,16-17H,4-9,12-13H2,1-3H3,(H,22,26)(H,23,27). The lowest BCUT2D eigenvalue weighted by Crippen LogP contribution is -2.45. The Bertz CT molecular complexity index is 691. The fourth-order valence-corrected chi connectivity index (χ4v) is 4.04. The molecule has 0 bridgehead atoms. The van der Waals surface area contributed by atoms with Crippen LogP contribution in [-0.4, -0.2) is 47.0 Å². The number of nitrogens with zero attached hydrogens (tertiary/aromatic N) is 2. The van der Waals surface area contributed by atoms with Crippen LogP contribution in [0.5, 0.6) is 0 Å². The van der Waals surface area contributed by atoms with Crippen molar-refractivity contribution in [3.63, 3.8) is 0 Å². The van der Waals surface area contributed by atoms with Gasteiger partial charge in [-0.15, -0.1) is 0 Å². The number of rotatable bonds is 2. The van der Waals surface area contributed by atoms with Gasteiger partial charge in [0.05, 0.1) is 11.4 Å². The predicted octanol–water partition coefficient (Wildman–Crippen LogP) is 4.81. The summed E-state index contributed by atoms with van der Waals surface area (Å²) in [6.07, 6.45) is 6.51. The first-order valence-electron chi connectivity index (χ1n) is 10.2. The van der Waals surface area contributed by atoms with Gasteiger partial charge in [0.1, 0.15) is 0 Å². The maximum atomic E-state index is 12.8. The molecule has 6 nitrogen and oxygen atoms in total. The van der Waals surface area contributed by atoms with E-state index in [-0.39, 0.29) is 24.1 Å². The normalized spacial score (nSPS) is 23.1. The van der Waals surface area contributed by atoms with Crippen LogP contribution in [0, 0.1) is 6.92 Å². The van der Waals surface area contributed by atoms with Gasteiger partial charge in [0.25, 0.3) is 0 Å². The fraction of sp³-hybridized carbons (Fsp3) is 0.619. The summed E-state index contributed by atoms with van der Waals surface area (Å²) >= 11 is 0. The van der Waals surface area contributed by atoms with Crippen LogP contribution in [0.2, 0.25) is 0 Å². The molecule has 3 rings (SSSR count). The highest BCUT2D eigenvalue weighted by Crippen LogP contribution is 2.26. The number of carbonyl (C=O) groups is 2. The second-order valence-electron chi connectivity index (χ2n) is 7.99. The monoisotopic (exact) mass is 372 g/mol. The average Bonchev–Trinajstić information content (AvgIpc) is 2.64. The maximum absolute atomic E-state index is 12.8. The molecule has 27 heavy (non-hydrogen) atoms.